The Bertz CT molecular complexity index is 1180. The van der Waals surface area contributed by atoms with Gasteiger partial charge in [0.25, 0.3) is 5.91 Å². The number of methoxy groups -OCH3 is 1. The van der Waals surface area contributed by atoms with Crippen LogP contribution in [-0.2, 0) is 16.1 Å². The fraction of sp³-hybridized carbons (Fsp3) is 0.111. The summed E-state index contributed by atoms with van der Waals surface area (Å²) in [5.74, 6) is -0.998. The highest BCUT2D eigenvalue weighted by atomic mass is 16.5. The molecule has 1 heterocycles. The fourth-order valence-corrected chi connectivity index (χ4v) is 3.89. The molecule has 5 nitrogen and oxygen atoms in total. The molecule has 3 aromatic carbocycles. The van der Waals surface area contributed by atoms with Crippen molar-refractivity contribution >= 4 is 17.8 Å². The summed E-state index contributed by atoms with van der Waals surface area (Å²) >= 11 is 0. The molecule has 1 aliphatic rings. The quantitative estimate of drug-likeness (QED) is 0.548. The number of carbonyl (C=O) groups excluding carboxylic acids is 2. The Morgan fingerprint density at radius 3 is 2.28 bits per heavy atom. The molecule has 0 spiro atoms. The lowest BCUT2D eigenvalue weighted by Crippen LogP contribution is -2.30. The highest BCUT2D eigenvalue weighted by Crippen LogP contribution is 2.42. The van der Waals surface area contributed by atoms with Crippen LogP contribution >= 0.6 is 0 Å². The number of ether oxygens (including phenoxy) is 1. The third-order valence-electron chi connectivity index (χ3n) is 5.43. The zero-order valence-corrected chi connectivity index (χ0v) is 17.6. The number of rotatable bonds is 7. The van der Waals surface area contributed by atoms with Crippen LogP contribution in [0.1, 0.15) is 22.7 Å². The van der Waals surface area contributed by atoms with Gasteiger partial charge in [0.05, 0.1) is 18.7 Å². The Labute approximate surface area is 186 Å². The first kappa shape index (κ1) is 21.1. The number of hydrogen-bond acceptors (Lipinski definition) is 4. The predicted molar refractivity (Wildman–Crippen MR) is 123 cm³/mol. The van der Waals surface area contributed by atoms with Gasteiger partial charge in [0.1, 0.15) is 5.75 Å². The van der Waals surface area contributed by atoms with Crippen molar-refractivity contribution in [2.75, 3.05) is 7.11 Å². The van der Waals surface area contributed by atoms with Crippen LogP contribution in [0.3, 0.4) is 0 Å². The third-order valence-corrected chi connectivity index (χ3v) is 5.43. The highest BCUT2D eigenvalue weighted by Gasteiger charge is 2.43. The van der Waals surface area contributed by atoms with Crippen molar-refractivity contribution in [2.24, 2.45) is 0 Å². The van der Waals surface area contributed by atoms with Gasteiger partial charge in [-0.1, -0.05) is 84.9 Å². The molecular weight excluding hydrogens is 402 g/mol. The minimum atomic E-state index is -0.772. The van der Waals surface area contributed by atoms with Crippen molar-refractivity contribution in [3.63, 3.8) is 0 Å². The van der Waals surface area contributed by atoms with E-state index in [1.165, 1.54) is 18.1 Å². The van der Waals surface area contributed by atoms with Gasteiger partial charge < -0.3 is 14.7 Å². The Morgan fingerprint density at radius 2 is 1.59 bits per heavy atom. The second-order valence-corrected chi connectivity index (χ2v) is 7.43. The Hall–Kier alpha value is -4.12. The summed E-state index contributed by atoms with van der Waals surface area (Å²) in [4.78, 5) is 27.8. The number of allylic oxidation sites excluding steroid dienone is 1. The lowest BCUT2D eigenvalue weighted by atomic mass is 9.94. The average Bonchev–Trinajstić information content (AvgIpc) is 3.08. The van der Waals surface area contributed by atoms with E-state index in [1.54, 1.807) is 12.1 Å². The largest absolute Gasteiger partial charge is 0.503 e. The number of ketones is 1. The van der Waals surface area contributed by atoms with E-state index < -0.39 is 23.5 Å². The van der Waals surface area contributed by atoms with Gasteiger partial charge in [0.15, 0.2) is 11.5 Å². The van der Waals surface area contributed by atoms with Crippen LogP contribution in [0.15, 0.2) is 102 Å². The molecular formula is C27H23NO4. The second-order valence-electron chi connectivity index (χ2n) is 7.43. The molecule has 1 atom stereocenters. The number of amides is 1. The zero-order valence-electron chi connectivity index (χ0n) is 17.6. The maximum atomic E-state index is 13.2. The molecule has 3 aromatic rings. The van der Waals surface area contributed by atoms with Gasteiger partial charge in [-0.05, 0) is 23.3 Å². The van der Waals surface area contributed by atoms with Crippen LogP contribution < -0.4 is 4.74 Å². The average molecular weight is 425 g/mol. The van der Waals surface area contributed by atoms with E-state index in [0.29, 0.717) is 11.3 Å². The Morgan fingerprint density at radius 1 is 0.969 bits per heavy atom. The molecule has 0 bridgehead atoms. The second kappa shape index (κ2) is 9.35. The van der Waals surface area contributed by atoms with E-state index in [4.69, 9.17) is 4.74 Å². The highest BCUT2D eigenvalue weighted by molar-refractivity contribution is 6.14. The Balaban J connectivity index is 1.76. The molecule has 0 radical (unpaired) electrons. The molecule has 1 N–H and O–H groups in total. The summed E-state index contributed by atoms with van der Waals surface area (Å²) in [5.41, 5.74) is 2.42. The molecule has 1 aliphatic heterocycles. The summed E-state index contributed by atoms with van der Waals surface area (Å²) in [7, 11) is 1.54. The van der Waals surface area contributed by atoms with Crippen LogP contribution in [-0.4, -0.2) is 28.8 Å². The van der Waals surface area contributed by atoms with Crippen LogP contribution in [0.4, 0.5) is 0 Å². The van der Waals surface area contributed by atoms with Crippen LogP contribution in [0, 0.1) is 0 Å². The van der Waals surface area contributed by atoms with Gasteiger partial charge in [-0.3, -0.25) is 9.59 Å². The molecule has 0 aliphatic carbocycles. The van der Waals surface area contributed by atoms with E-state index >= 15 is 0 Å². The van der Waals surface area contributed by atoms with E-state index in [1.807, 2.05) is 78.9 Å². The molecule has 160 valence electrons. The van der Waals surface area contributed by atoms with Gasteiger partial charge in [-0.2, -0.15) is 0 Å². The molecule has 0 fully saturated rings. The minimum absolute atomic E-state index is 0.0441. The van der Waals surface area contributed by atoms with Crippen LogP contribution in [0.2, 0.25) is 0 Å². The van der Waals surface area contributed by atoms with Crippen molar-refractivity contribution < 1.29 is 19.4 Å². The van der Waals surface area contributed by atoms with Gasteiger partial charge >= 0.3 is 0 Å². The monoisotopic (exact) mass is 425 g/mol. The first-order valence-corrected chi connectivity index (χ1v) is 10.3. The van der Waals surface area contributed by atoms with Crippen LogP contribution in [0.25, 0.3) is 6.08 Å². The normalized spacial score (nSPS) is 16.1. The molecule has 4 rings (SSSR count). The van der Waals surface area contributed by atoms with E-state index in [-0.39, 0.29) is 12.1 Å². The maximum absolute atomic E-state index is 13.2. The fourth-order valence-electron chi connectivity index (χ4n) is 3.89. The van der Waals surface area contributed by atoms with E-state index in [9.17, 15) is 14.7 Å². The molecule has 32 heavy (non-hydrogen) atoms. The lowest BCUT2D eigenvalue weighted by Gasteiger charge is -2.27. The summed E-state index contributed by atoms with van der Waals surface area (Å²) in [5, 5.41) is 10.8. The number of aliphatic hydroxyl groups excluding tert-OH is 1. The Kier molecular flexibility index (Phi) is 6.17. The van der Waals surface area contributed by atoms with E-state index in [0.717, 1.165) is 11.1 Å². The molecule has 5 heteroatoms. The van der Waals surface area contributed by atoms with E-state index in [2.05, 4.69) is 0 Å². The number of para-hydroxylation sites is 1. The zero-order chi connectivity index (χ0) is 22.5. The lowest BCUT2D eigenvalue weighted by molar-refractivity contribution is -0.130. The number of aliphatic hydroxyl groups is 1. The first-order valence-electron chi connectivity index (χ1n) is 10.3. The first-order chi connectivity index (χ1) is 15.6. The van der Waals surface area contributed by atoms with Gasteiger partial charge in [0.2, 0.25) is 0 Å². The molecule has 1 unspecified atom stereocenters. The summed E-state index contributed by atoms with van der Waals surface area (Å²) in [6.07, 6.45) is 3.06. The minimum Gasteiger partial charge on any atom is -0.503 e. The van der Waals surface area contributed by atoms with Gasteiger partial charge in [-0.15, -0.1) is 0 Å². The SMILES string of the molecule is COc1ccccc1C1C(C(=O)C=Cc2ccccc2)=C(O)C(=O)N1Cc1ccccc1. The van der Waals surface area contributed by atoms with Crippen molar-refractivity contribution in [1.82, 2.24) is 4.90 Å². The van der Waals surface area contributed by atoms with Gasteiger partial charge in [-0.25, -0.2) is 0 Å². The molecule has 1 amide bonds. The molecule has 0 saturated heterocycles. The van der Waals surface area contributed by atoms with Crippen molar-refractivity contribution in [3.05, 3.63) is 119 Å². The maximum Gasteiger partial charge on any atom is 0.290 e. The topological polar surface area (TPSA) is 66.8 Å². The van der Waals surface area contributed by atoms with Gasteiger partial charge in [0, 0.05) is 12.1 Å². The number of nitrogens with zero attached hydrogens (tertiary/aromatic N) is 1. The number of hydrogen-bond donors (Lipinski definition) is 1. The standard InChI is InChI=1S/C27H23NO4/c1-32-23-15-9-8-14-21(23)25-24(22(29)17-16-19-10-4-2-5-11-19)26(30)27(31)28(25)18-20-12-6-3-7-13-20/h2-17,25,30H,18H2,1H3. The van der Waals surface area contributed by atoms with Crippen molar-refractivity contribution in [2.45, 2.75) is 12.6 Å². The molecule has 0 saturated carbocycles. The smallest absolute Gasteiger partial charge is 0.290 e. The van der Waals surface area contributed by atoms with Crippen molar-refractivity contribution in [3.8, 4) is 5.75 Å². The number of benzene rings is 3. The predicted octanol–water partition coefficient (Wildman–Crippen LogP) is 4.87. The van der Waals surface area contributed by atoms with Crippen LogP contribution in [0.5, 0.6) is 5.75 Å². The molecule has 0 aromatic heterocycles. The summed E-state index contributed by atoms with van der Waals surface area (Å²) in [6.45, 7) is 0.242. The summed E-state index contributed by atoms with van der Waals surface area (Å²) < 4.78 is 5.51. The summed E-state index contributed by atoms with van der Waals surface area (Å²) in [6, 6.07) is 25.3. The number of carbonyl (C=O) groups is 2. The third kappa shape index (κ3) is 4.18. The van der Waals surface area contributed by atoms with Crippen molar-refractivity contribution in [1.29, 1.82) is 0 Å².